The molecule has 2 fully saturated rings. The second-order valence-corrected chi connectivity index (χ2v) is 6.91. The van der Waals surface area contributed by atoms with Crippen molar-refractivity contribution in [1.29, 1.82) is 0 Å². The Morgan fingerprint density at radius 1 is 1.37 bits per heavy atom. The number of carboxylic acids is 1. The van der Waals surface area contributed by atoms with Crippen LogP contribution in [0, 0.1) is 5.41 Å². The third-order valence-corrected chi connectivity index (χ3v) is 5.55. The molecule has 2 heterocycles. The molecule has 0 aromatic rings. The highest BCUT2D eigenvalue weighted by Gasteiger charge is 2.39. The molecule has 2 aliphatic rings. The molecule has 2 saturated heterocycles. The Morgan fingerprint density at radius 2 is 2.00 bits per heavy atom. The standard InChI is InChI=1S/C13H22N2O3S/c1-13(11(16)17)4-6-15(7-5-13)12(18)14(2)10-3-8-19-9-10/h10H,3-9H2,1-2H3,(H,16,17). The van der Waals surface area contributed by atoms with E-state index in [9.17, 15) is 14.7 Å². The number of likely N-dealkylation sites (tertiary alicyclic amines) is 1. The predicted octanol–water partition coefficient (Wildman–Crippen LogP) is 1.73. The van der Waals surface area contributed by atoms with Gasteiger partial charge in [-0.1, -0.05) is 0 Å². The van der Waals surface area contributed by atoms with E-state index < -0.39 is 11.4 Å². The third kappa shape index (κ3) is 2.99. The first-order chi connectivity index (χ1) is 8.94. The molecule has 5 nitrogen and oxygen atoms in total. The lowest BCUT2D eigenvalue weighted by Gasteiger charge is -2.39. The summed E-state index contributed by atoms with van der Waals surface area (Å²) in [5, 5.41) is 9.19. The molecule has 0 bridgehead atoms. The maximum atomic E-state index is 12.4. The fraction of sp³-hybridized carbons (Fsp3) is 0.846. The lowest BCUT2D eigenvalue weighted by atomic mass is 9.80. The summed E-state index contributed by atoms with van der Waals surface area (Å²) in [6.45, 7) is 2.87. The molecule has 0 aromatic carbocycles. The topological polar surface area (TPSA) is 60.9 Å². The monoisotopic (exact) mass is 286 g/mol. The van der Waals surface area contributed by atoms with Crippen LogP contribution in [0.1, 0.15) is 26.2 Å². The summed E-state index contributed by atoms with van der Waals surface area (Å²) in [4.78, 5) is 27.2. The molecule has 6 heteroatoms. The number of piperidine rings is 1. The Hall–Kier alpha value is -0.910. The van der Waals surface area contributed by atoms with Crippen molar-refractivity contribution in [2.24, 2.45) is 5.41 Å². The fourth-order valence-corrected chi connectivity index (χ4v) is 3.88. The van der Waals surface area contributed by atoms with Crippen LogP contribution in [0.5, 0.6) is 0 Å². The first kappa shape index (κ1) is 14.5. The zero-order valence-electron chi connectivity index (χ0n) is 11.6. The van der Waals surface area contributed by atoms with Gasteiger partial charge in [0, 0.05) is 31.9 Å². The number of aliphatic carboxylic acids is 1. The minimum absolute atomic E-state index is 0.0555. The zero-order valence-corrected chi connectivity index (χ0v) is 12.4. The number of carbonyl (C=O) groups is 2. The maximum absolute atomic E-state index is 12.4. The Kier molecular flexibility index (Phi) is 4.28. The number of rotatable bonds is 2. The van der Waals surface area contributed by atoms with E-state index in [1.54, 1.807) is 11.8 Å². The Balaban J connectivity index is 1.90. The molecule has 108 valence electrons. The van der Waals surface area contributed by atoms with Crippen molar-refractivity contribution in [3.63, 3.8) is 0 Å². The largest absolute Gasteiger partial charge is 0.481 e. The SMILES string of the molecule is CN(C(=O)N1CCC(C)(C(=O)O)CC1)C1CCSC1. The number of carbonyl (C=O) groups excluding carboxylic acids is 1. The molecule has 0 aromatic heterocycles. The van der Waals surface area contributed by atoms with Crippen molar-refractivity contribution < 1.29 is 14.7 Å². The van der Waals surface area contributed by atoms with Gasteiger partial charge in [0.05, 0.1) is 5.41 Å². The van der Waals surface area contributed by atoms with Gasteiger partial charge in [-0.3, -0.25) is 4.79 Å². The van der Waals surface area contributed by atoms with Crippen molar-refractivity contribution in [2.45, 2.75) is 32.2 Å². The van der Waals surface area contributed by atoms with Crippen LogP contribution in [0.2, 0.25) is 0 Å². The zero-order chi connectivity index (χ0) is 14.0. The van der Waals surface area contributed by atoms with Gasteiger partial charge in [0.25, 0.3) is 0 Å². The minimum Gasteiger partial charge on any atom is -0.481 e. The number of hydrogen-bond acceptors (Lipinski definition) is 3. The normalized spacial score (nSPS) is 26.2. The van der Waals surface area contributed by atoms with Crippen molar-refractivity contribution >= 4 is 23.8 Å². The molecule has 1 N–H and O–H groups in total. The predicted molar refractivity (Wildman–Crippen MR) is 75.4 cm³/mol. The maximum Gasteiger partial charge on any atom is 0.320 e. The summed E-state index contributed by atoms with van der Waals surface area (Å²) in [6.07, 6.45) is 2.15. The molecular weight excluding hydrogens is 264 g/mol. The van der Waals surface area contributed by atoms with Crippen molar-refractivity contribution in [1.82, 2.24) is 9.80 Å². The molecule has 0 aliphatic carbocycles. The van der Waals surface area contributed by atoms with Crippen LogP contribution in [-0.2, 0) is 4.79 Å². The van der Waals surface area contributed by atoms with E-state index >= 15 is 0 Å². The van der Waals surface area contributed by atoms with E-state index in [-0.39, 0.29) is 6.03 Å². The average Bonchev–Trinajstić information content (AvgIpc) is 2.91. The van der Waals surface area contributed by atoms with Crippen molar-refractivity contribution in [3.8, 4) is 0 Å². The summed E-state index contributed by atoms with van der Waals surface area (Å²) in [7, 11) is 1.86. The van der Waals surface area contributed by atoms with E-state index in [2.05, 4.69) is 0 Å². The summed E-state index contributed by atoms with van der Waals surface area (Å²) >= 11 is 1.89. The first-order valence-electron chi connectivity index (χ1n) is 6.77. The first-order valence-corrected chi connectivity index (χ1v) is 7.92. The quantitative estimate of drug-likeness (QED) is 0.840. The van der Waals surface area contributed by atoms with Gasteiger partial charge in [-0.25, -0.2) is 4.79 Å². The van der Waals surface area contributed by atoms with E-state index in [4.69, 9.17) is 0 Å². The van der Waals surface area contributed by atoms with E-state index in [1.807, 2.05) is 23.7 Å². The lowest BCUT2D eigenvalue weighted by Crippen LogP contribution is -2.51. The summed E-state index contributed by atoms with van der Waals surface area (Å²) < 4.78 is 0. The number of amides is 2. The van der Waals surface area contributed by atoms with Crippen LogP contribution in [0.15, 0.2) is 0 Å². The molecule has 0 radical (unpaired) electrons. The van der Waals surface area contributed by atoms with E-state index in [0.717, 1.165) is 17.9 Å². The van der Waals surface area contributed by atoms with Crippen LogP contribution >= 0.6 is 11.8 Å². The summed E-state index contributed by atoms with van der Waals surface area (Å²) in [5.74, 6) is 1.39. The minimum atomic E-state index is -0.750. The summed E-state index contributed by atoms with van der Waals surface area (Å²) in [6, 6.07) is 0.394. The molecule has 2 aliphatic heterocycles. The van der Waals surface area contributed by atoms with Crippen LogP contribution < -0.4 is 0 Å². The lowest BCUT2D eigenvalue weighted by molar-refractivity contribution is -0.150. The smallest absolute Gasteiger partial charge is 0.320 e. The fourth-order valence-electron chi connectivity index (χ4n) is 2.61. The highest BCUT2D eigenvalue weighted by atomic mass is 32.2. The van der Waals surface area contributed by atoms with Gasteiger partial charge in [0.2, 0.25) is 0 Å². The number of urea groups is 1. The molecule has 1 unspecified atom stereocenters. The molecule has 0 spiro atoms. The van der Waals surface area contributed by atoms with Gasteiger partial charge >= 0.3 is 12.0 Å². The molecule has 0 saturated carbocycles. The summed E-state index contributed by atoms with van der Waals surface area (Å²) in [5.41, 5.74) is -0.668. The molecular formula is C13H22N2O3S. The van der Waals surface area contributed by atoms with Gasteiger partial charge in [-0.05, 0) is 31.9 Å². The van der Waals surface area contributed by atoms with Gasteiger partial charge < -0.3 is 14.9 Å². The highest BCUT2D eigenvalue weighted by Crippen LogP contribution is 2.32. The molecule has 2 rings (SSSR count). The Bertz CT molecular complexity index is 361. The van der Waals surface area contributed by atoms with Crippen LogP contribution in [0.4, 0.5) is 4.79 Å². The van der Waals surface area contributed by atoms with Crippen LogP contribution in [0.3, 0.4) is 0 Å². The highest BCUT2D eigenvalue weighted by molar-refractivity contribution is 7.99. The van der Waals surface area contributed by atoms with Crippen molar-refractivity contribution in [3.05, 3.63) is 0 Å². The Labute approximate surface area is 118 Å². The molecule has 19 heavy (non-hydrogen) atoms. The number of hydrogen-bond donors (Lipinski definition) is 1. The number of carboxylic acid groups (broad SMARTS) is 1. The third-order valence-electron chi connectivity index (χ3n) is 4.41. The Morgan fingerprint density at radius 3 is 2.47 bits per heavy atom. The second kappa shape index (κ2) is 5.61. The van der Waals surface area contributed by atoms with Gasteiger partial charge in [0.15, 0.2) is 0 Å². The van der Waals surface area contributed by atoms with E-state index in [1.165, 1.54) is 0 Å². The van der Waals surface area contributed by atoms with Crippen molar-refractivity contribution in [2.75, 3.05) is 31.6 Å². The molecule has 2 amide bonds. The van der Waals surface area contributed by atoms with E-state index in [0.29, 0.717) is 32.0 Å². The van der Waals surface area contributed by atoms with Gasteiger partial charge in [0.1, 0.15) is 0 Å². The average molecular weight is 286 g/mol. The van der Waals surface area contributed by atoms with Crippen LogP contribution in [-0.4, -0.2) is 64.6 Å². The second-order valence-electron chi connectivity index (χ2n) is 5.76. The number of nitrogens with zero attached hydrogens (tertiary/aromatic N) is 2. The van der Waals surface area contributed by atoms with Crippen LogP contribution in [0.25, 0.3) is 0 Å². The van der Waals surface area contributed by atoms with Gasteiger partial charge in [-0.2, -0.15) is 11.8 Å². The van der Waals surface area contributed by atoms with Gasteiger partial charge in [-0.15, -0.1) is 0 Å². The molecule has 1 atom stereocenters. The number of thioether (sulfide) groups is 1.